The smallest absolute Gasteiger partial charge is 0.192 e. The Labute approximate surface area is 107 Å². The molecule has 0 spiro atoms. The van der Waals surface area contributed by atoms with E-state index in [0.29, 0.717) is 18.0 Å². The van der Waals surface area contributed by atoms with Gasteiger partial charge in [0, 0.05) is 15.8 Å². The van der Waals surface area contributed by atoms with Crippen molar-refractivity contribution in [3.63, 3.8) is 0 Å². The third-order valence-electron chi connectivity index (χ3n) is 3.53. The molecule has 1 aliphatic rings. The summed E-state index contributed by atoms with van der Waals surface area (Å²) in [5.41, 5.74) is 7.42. The van der Waals surface area contributed by atoms with Crippen LogP contribution >= 0.6 is 11.3 Å². The molecule has 1 aliphatic heterocycles. The molecule has 0 saturated carbocycles. The number of hydrogen-bond donors (Lipinski definition) is 1. The van der Waals surface area contributed by atoms with E-state index in [1.807, 2.05) is 11.3 Å². The van der Waals surface area contributed by atoms with Crippen LogP contribution in [0.3, 0.4) is 0 Å². The summed E-state index contributed by atoms with van der Waals surface area (Å²) in [5.74, 6) is 0.701. The normalized spacial score (nSPS) is 21.8. The second kappa shape index (κ2) is 4.69. The fourth-order valence-corrected chi connectivity index (χ4v) is 3.45. The quantitative estimate of drug-likeness (QED) is 0.897. The highest BCUT2D eigenvalue weighted by Crippen LogP contribution is 2.34. The molecule has 3 nitrogen and oxygen atoms in total. The van der Waals surface area contributed by atoms with Gasteiger partial charge in [-0.2, -0.15) is 0 Å². The lowest BCUT2D eigenvalue weighted by atomic mass is 10.0. The minimum absolute atomic E-state index is 0.342. The van der Waals surface area contributed by atoms with Crippen LogP contribution in [0.4, 0.5) is 0 Å². The van der Waals surface area contributed by atoms with Gasteiger partial charge in [0.2, 0.25) is 0 Å². The van der Waals surface area contributed by atoms with E-state index in [2.05, 4.69) is 43.7 Å². The molecule has 0 bridgehead atoms. The Morgan fingerprint density at radius 3 is 2.82 bits per heavy atom. The average molecular weight is 251 g/mol. The summed E-state index contributed by atoms with van der Waals surface area (Å²) in [6, 6.07) is 3.08. The first-order valence-corrected chi connectivity index (χ1v) is 7.01. The van der Waals surface area contributed by atoms with Crippen molar-refractivity contribution in [2.45, 2.75) is 46.2 Å². The molecule has 0 saturated heterocycles. The first-order chi connectivity index (χ1) is 8.04. The summed E-state index contributed by atoms with van der Waals surface area (Å²) in [7, 11) is 0. The van der Waals surface area contributed by atoms with Crippen LogP contribution in [0.1, 0.15) is 41.6 Å². The molecule has 0 aliphatic carbocycles. The number of aryl methyl sites for hydroxylation is 2. The van der Waals surface area contributed by atoms with Gasteiger partial charge < -0.3 is 10.6 Å². The van der Waals surface area contributed by atoms with Crippen molar-refractivity contribution in [1.82, 2.24) is 4.90 Å². The Kier molecular flexibility index (Phi) is 3.43. The number of aliphatic imine (C=N–C) groups is 1. The molecule has 94 valence electrons. The molecule has 4 heteroatoms. The third kappa shape index (κ3) is 2.18. The van der Waals surface area contributed by atoms with Crippen molar-refractivity contribution in [3.05, 3.63) is 21.4 Å². The highest BCUT2D eigenvalue weighted by atomic mass is 32.1. The fraction of sp³-hybridized carbons (Fsp3) is 0.615. The minimum atomic E-state index is 0.342. The van der Waals surface area contributed by atoms with Crippen LogP contribution in [0.15, 0.2) is 11.1 Å². The molecule has 1 aromatic rings. The lowest BCUT2D eigenvalue weighted by Gasteiger charge is -2.31. The highest BCUT2D eigenvalue weighted by molar-refractivity contribution is 7.12. The topological polar surface area (TPSA) is 41.6 Å². The van der Waals surface area contributed by atoms with E-state index < -0.39 is 0 Å². The highest BCUT2D eigenvalue weighted by Gasteiger charge is 2.31. The number of nitrogens with two attached hydrogens (primary N) is 1. The van der Waals surface area contributed by atoms with E-state index in [9.17, 15) is 0 Å². The molecule has 0 radical (unpaired) electrons. The van der Waals surface area contributed by atoms with Gasteiger partial charge in [0.05, 0.1) is 12.6 Å². The van der Waals surface area contributed by atoms with Gasteiger partial charge in [-0.1, -0.05) is 6.92 Å². The maximum Gasteiger partial charge on any atom is 0.192 e. The number of hydrogen-bond acceptors (Lipinski definition) is 4. The first kappa shape index (κ1) is 12.4. The Morgan fingerprint density at radius 2 is 2.29 bits per heavy atom. The van der Waals surface area contributed by atoms with E-state index in [4.69, 9.17) is 5.73 Å². The van der Waals surface area contributed by atoms with Crippen molar-refractivity contribution in [2.75, 3.05) is 6.54 Å². The molecule has 2 unspecified atom stereocenters. The van der Waals surface area contributed by atoms with Crippen LogP contribution in [0.5, 0.6) is 0 Å². The van der Waals surface area contributed by atoms with Gasteiger partial charge >= 0.3 is 0 Å². The van der Waals surface area contributed by atoms with E-state index in [1.165, 1.54) is 15.3 Å². The summed E-state index contributed by atoms with van der Waals surface area (Å²) < 4.78 is 0. The van der Waals surface area contributed by atoms with Gasteiger partial charge in [-0.05, 0) is 38.8 Å². The second-order valence-corrected chi connectivity index (χ2v) is 6.21. The molecule has 0 amide bonds. The third-order valence-corrected chi connectivity index (χ3v) is 4.51. The molecular formula is C13H21N3S. The van der Waals surface area contributed by atoms with Gasteiger partial charge in [0.1, 0.15) is 0 Å². The van der Waals surface area contributed by atoms with E-state index in [0.717, 1.165) is 13.0 Å². The molecule has 17 heavy (non-hydrogen) atoms. The molecule has 2 N–H and O–H groups in total. The van der Waals surface area contributed by atoms with Crippen LogP contribution in [0.2, 0.25) is 0 Å². The first-order valence-electron chi connectivity index (χ1n) is 6.19. The second-order valence-electron chi connectivity index (χ2n) is 4.75. The van der Waals surface area contributed by atoms with Gasteiger partial charge in [-0.3, -0.25) is 4.99 Å². The molecule has 2 rings (SSSR count). The Morgan fingerprint density at radius 1 is 1.59 bits per heavy atom. The average Bonchev–Trinajstić information content (AvgIpc) is 2.80. The number of thiophene rings is 1. The van der Waals surface area contributed by atoms with Crippen molar-refractivity contribution in [1.29, 1.82) is 0 Å². The van der Waals surface area contributed by atoms with Crippen LogP contribution in [0.25, 0.3) is 0 Å². The molecule has 1 aromatic heterocycles. The molecule has 0 aromatic carbocycles. The number of rotatable bonds is 3. The van der Waals surface area contributed by atoms with Gasteiger partial charge in [-0.25, -0.2) is 0 Å². The summed E-state index contributed by atoms with van der Waals surface area (Å²) in [6.45, 7) is 9.56. The van der Waals surface area contributed by atoms with E-state index >= 15 is 0 Å². The molecular weight excluding hydrogens is 230 g/mol. The van der Waals surface area contributed by atoms with Gasteiger partial charge in [0.15, 0.2) is 5.96 Å². The van der Waals surface area contributed by atoms with Crippen molar-refractivity contribution >= 4 is 17.3 Å². The van der Waals surface area contributed by atoms with Crippen molar-refractivity contribution < 1.29 is 0 Å². The van der Waals surface area contributed by atoms with E-state index in [1.54, 1.807) is 0 Å². The Hall–Kier alpha value is -1.03. The lowest BCUT2D eigenvalue weighted by molar-refractivity contribution is 0.268. The summed E-state index contributed by atoms with van der Waals surface area (Å²) in [6.07, 6.45) is 1.09. The monoisotopic (exact) mass is 251 g/mol. The zero-order chi connectivity index (χ0) is 12.6. The van der Waals surface area contributed by atoms with Crippen LogP contribution in [-0.2, 0) is 0 Å². The largest absolute Gasteiger partial charge is 0.370 e. The fourth-order valence-electron chi connectivity index (χ4n) is 2.47. The summed E-state index contributed by atoms with van der Waals surface area (Å²) >= 11 is 1.86. The van der Waals surface area contributed by atoms with Crippen LogP contribution in [-0.4, -0.2) is 23.4 Å². The van der Waals surface area contributed by atoms with Gasteiger partial charge in [0.25, 0.3) is 0 Å². The standard InChI is InChI=1S/C13H21N3S/c1-5-8(2)16-12(7-15-13(16)14)11-6-9(3)17-10(11)4/h6,8,12H,5,7H2,1-4H3,(H2,14,15). The Balaban J connectivity index is 2.30. The summed E-state index contributed by atoms with van der Waals surface area (Å²) in [4.78, 5) is 9.45. The zero-order valence-corrected chi connectivity index (χ0v) is 11.8. The molecule has 2 heterocycles. The minimum Gasteiger partial charge on any atom is -0.370 e. The van der Waals surface area contributed by atoms with Crippen molar-refractivity contribution in [3.8, 4) is 0 Å². The van der Waals surface area contributed by atoms with Crippen LogP contribution < -0.4 is 5.73 Å². The Bertz CT molecular complexity index is 436. The van der Waals surface area contributed by atoms with Gasteiger partial charge in [-0.15, -0.1) is 11.3 Å². The van der Waals surface area contributed by atoms with Crippen molar-refractivity contribution in [2.24, 2.45) is 10.7 Å². The zero-order valence-electron chi connectivity index (χ0n) is 11.0. The number of guanidine groups is 1. The predicted octanol–water partition coefficient (Wildman–Crippen LogP) is 2.83. The lowest BCUT2D eigenvalue weighted by Crippen LogP contribution is -2.42. The molecule has 2 atom stereocenters. The van der Waals surface area contributed by atoms with E-state index in [-0.39, 0.29) is 0 Å². The maximum atomic E-state index is 6.02. The van der Waals surface area contributed by atoms with Crippen LogP contribution in [0, 0.1) is 13.8 Å². The summed E-state index contributed by atoms with van der Waals surface area (Å²) in [5, 5.41) is 0. The maximum absolute atomic E-state index is 6.02. The predicted molar refractivity (Wildman–Crippen MR) is 74.6 cm³/mol. The SMILES string of the molecule is CCC(C)N1C(N)=NCC1c1cc(C)sc1C. The number of nitrogens with zero attached hydrogens (tertiary/aromatic N) is 2. The molecule has 0 fully saturated rings.